The summed E-state index contributed by atoms with van der Waals surface area (Å²) in [6, 6.07) is 12.1. The van der Waals surface area contributed by atoms with Crippen LogP contribution in [0.2, 0.25) is 0 Å². The van der Waals surface area contributed by atoms with Crippen LogP contribution in [0.5, 0.6) is 11.5 Å². The van der Waals surface area contributed by atoms with Gasteiger partial charge in [0.05, 0.1) is 23.8 Å². The number of rotatable bonds is 7. The number of carbonyl (C=O) groups excluding carboxylic acids is 1. The van der Waals surface area contributed by atoms with E-state index < -0.39 is 32.8 Å². The summed E-state index contributed by atoms with van der Waals surface area (Å²) in [4.78, 5) is 22.9. The number of benzene rings is 2. The van der Waals surface area contributed by atoms with Crippen LogP contribution >= 0.6 is 0 Å². The number of carbonyl (C=O) groups is 1. The molecule has 0 spiro atoms. The number of hydrogen-bond donors (Lipinski definition) is 1. The minimum atomic E-state index is -3.80. The number of para-hydroxylation sites is 1. The van der Waals surface area contributed by atoms with E-state index in [-0.39, 0.29) is 35.8 Å². The molecule has 31 heavy (non-hydrogen) atoms. The van der Waals surface area contributed by atoms with Gasteiger partial charge in [0, 0.05) is 24.4 Å². The highest BCUT2D eigenvalue weighted by Gasteiger charge is 2.53. The first-order valence-corrected chi connectivity index (χ1v) is 11.2. The molecule has 1 aliphatic heterocycles. The van der Waals surface area contributed by atoms with Gasteiger partial charge in [-0.3, -0.25) is 14.9 Å². The molecule has 11 heteroatoms. The van der Waals surface area contributed by atoms with Crippen LogP contribution in [-0.2, 0) is 19.6 Å². The van der Waals surface area contributed by atoms with Gasteiger partial charge in [-0.15, -0.1) is 0 Å². The van der Waals surface area contributed by atoms with Crippen LogP contribution in [0.1, 0.15) is 6.42 Å². The second-order valence-electron chi connectivity index (χ2n) is 7.27. The zero-order valence-corrected chi connectivity index (χ0v) is 17.3. The highest BCUT2D eigenvalue weighted by molar-refractivity contribution is 7.89. The average molecular weight is 447 g/mol. The number of anilines is 1. The van der Waals surface area contributed by atoms with Crippen molar-refractivity contribution in [3.05, 3.63) is 58.6 Å². The molecule has 1 amide bonds. The Labute approximate surface area is 179 Å². The van der Waals surface area contributed by atoms with Crippen molar-refractivity contribution in [2.45, 2.75) is 17.4 Å². The zero-order valence-electron chi connectivity index (χ0n) is 16.5. The SMILES string of the molecule is O=C(Nc1cc(S(=O)(=O)N2CCOCC2)ccc1Oc1ccccc1)[C@@H]1C[C@@H]1[N+](=O)[O-]. The normalized spacial score (nSPS) is 21.3. The minimum Gasteiger partial charge on any atom is -0.455 e. The summed E-state index contributed by atoms with van der Waals surface area (Å²) in [6.07, 6.45) is 0.152. The predicted octanol–water partition coefficient (Wildman–Crippen LogP) is 2.10. The van der Waals surface area contributed by atoms with Crippen LogP contribution in [0.25, 0.3) is 0 Å². The zero-order chi connectivity index (χ0) is 22.0. The van der Waals surface area contributed by atoms with Gasteiger partial charge in [-0.1, -0.05) is 18.2 Å². The maximum absolute atomic E-state index is 13.0. The fraction of sp³-hybridized carbons (Fsp3) is 0.350. The Balaban J connectivity index is 1.63. The molecule has 0 bridgehead atoms. The lowest BCUT2D eigenvalue weighted by Gasteiger charge is -2.26. The van der Waals surface area contributed by atoms with E-state index in [0.717, 1.165) is 0 Å². The largest absolute Gasteiger partial charge is 0.455 e. The standard InChI is InChI=1S/C20H21N3O7S/c24-20(16-13-18(16)23(25)26)21-17-12-15(31(27,28)22-8-10-29-11-9-22)6-7-19(17)30-14-4-2-1-3-5-14/h1-7,12,16,18H,8-11,13H2,(H,21,24)/t16-,18+/m1/s1. The van der Waals surface area contributed by atoms with Crippen LogP contribution in [0, 0.1) is 16.0 Å². The van der Waals surface area contributed by atoms with Gasteiger partial charge in [0.1, 0.15) is 11.7 Å². The topological polar surface area (TPSA) is 128 Å². The molecule has 2 aliphatic rings. The number of amides is 1. The fourth-order valence-corrected chi connectivity index (χ4v) is 4.76. The van der Waals surface area contributed by atoms with Gasteiger partial charge in [-0.25, -0.2) is 8.42 Å². The second-order valence-corrected chi connectivity index (χ2v) is 9.21. The summed E-state index contributed by atoms with van der Waals surface area (Å²) >= 11 is 0. The van der Waals surface area contributed by atoms with E-state index in [9.17, 15) is 23.3 Å². The molecule has 1 saturated carbocycles. The Morgan fingerprint density at radius 3 is 2.52 bits per heavy atom. The molecule has 10 nitrogen and oxygen atoms in total. The molecule has 4 rings (SSSR count). The fourth-order valence-electron chi connectivity index (χ4n) is 3.33. The average Bonchev–Trinajstić information content (AvgIpc) is 3.58. The maximum Gasteiger partial charge on any atom is 0.243 e. The molecular weight excluding hydrogens is 426 g/mol. The van der Waals surface area contributed by atoms with Crippen LogP contribution in [-0.4, -0.2) is 55.9 Å². The van der Waals surface area contributed by atoms with Gasteiger partial charge in [-0.2, -0.15) is 4.31 Å². The van der Waals surface area contributed by atoms with Crippen molar-refractivity contribution < 1.29 is 27.6 Å². The molecule has 2 aromatic rings. The summed E-state index contributed by atoms with van der Waals surface area (Å²) in [7, 11) is -3.80. The van der Waals surface area contributed by atoms with E-state index in [0.29, 0.717) is 19.0 Å². The van der Waals surface area contributed by atoms with Crippen molar-refractivity contribution in [2.24, 2.45) is 5.92 Å². The van der Waals surface area contributed by atoms with E-state index in [1.165, 1.54) is 22.5 Å². The van der Waals surface area contributed by atoms with Crippen LogP contribution in [0.15, 0.2) is 53.4 Å². The monoisotopic (exact) mass is 447 g/mol. The van der Waals surface area contributed by atoms with Gasteiger partial charge in [0.25, 0.3) is 0 Å². The Kier molecular flexibility index (Phi) is 5.90. The first kappa shape index (κ1) is 21.2. The van der Waals surface area contributed by atoms with Crippen molar-refractivity contribution in [3.63, 3.8) is 0 Å². The van der Waals surface area contributed by atoms with Crippen molar-refractivity contribution in [2.75, 3.05) is 31.6 Å². The number of nitrogens with one attached hydrogen (secondary N) is 1. The molecule has 1 heterocycles. The number of nitro groups is 1. The van der Waals surface area contributed by atoms with Crippen molar-refractivity contribution in [3.8, 4) is 11.5 Å². The Hall–Kier alpha value is -3.02. The molecular formula is C20H21N3O7S. The highest BCUT2D eigenvalue weighted by Crippen LogP contribution is 2.37. The van der Waals surface area contributed by atoms with Crippen LogP contribution < -0.4 is 10.1 Å². The lowest BCUT2D eigenvalue weighted by Crippen LogP contribution is -2.40. The number of morpholine rings is 1. The quantitative estimate of drug-likeness (QED) is 0.508. The van der Waals surface area contributed by atoms with E-state index in [1.54, 1.807) is 24.3 Å². The van der Waals surface area contributed by atoms with Crippen molar-refractivity contribution in [1.82, 2.24) is 4.31 Å². The number of ether oxygens (including phenoxy) is 2. The molecule has 1 N–H and O–H groups in total. The summed E-state index contributed by atoms with van der Waals surface area (Å²) in [5.74, 6) is -0.560. The van der Waals surface area contributed by atoms with Gasteiger partial charge in [0.2, 0.25) is 22.0 Å². The molecule has 2 fully saturated rings. The second kappa shape index (κ2) is 8.61. The van der Waals surface area contributed by atoms with Gasteiger partial charge in [-0.05, 0) is 30.3 Å². The van der Waals surface area contributed by atoms with Gasteiger partial charge < -0.3 is 14.8 Å². The van der Waals surface area contributed by atoms with Crippen LogP contribution in [0.3, 0.4) is 0 Å². The Bertz CT molecular complexity index is 1090. The molecule has 1 saturated heterocycles. The molecule has 0 aromatic heterocycles. The maximum atomic E-state index is 13.0. The predicted molar refractivity (Wildman–Crippen MR) is 110 cm³/mol. The number of hydrogen-bond acceptors (Lipinski definition) is 7. The highest BCUT2D eigenvalue weighted by atomic mass is 32.2. The summed E-state index contributed by atoms with van der Waals surface area (Å²) in [5.41, 5.74) is 0.136. The molecule has 2 aromatic carbocycles. The van der Waals surface area contributed by atoms with Gasteiger partial charge in [0.15, 0.2) is 5.75 Å². The molecule has 2 atom stereocenters. The van der Waals surface area contributed by atoms with E-state index in [2.05, 4.69) is 5.32 Å². The Morgan fingerprint density at radius 1 is 1.16 bits per heavy atom. The van der Waals surface area contributed by atoms with E-state index >= 15 is 0 Å². The molecule has 0 unspecified atom stereocenters. The molecule has 164 valence electrons. The molecule has 0 radical (unpaired) electrons. The van der Waals surface area contributed by atoms with Crippen LogP contribution in [0.4, 0.5) is 5.69 Å². The third kappa shape index (κ3) is 4.68. The number of nitrogens with zero attached hydrogens (tertiary/aromatic N) is 2. The first-order valence-electron chi connectivity index (χ1n) is 9.75. The van der Waals surface area contributed by atoms with Gasteiger partial charge >= 0.3 is 0 Å². The third-order valence-electron chi connectivity index (χ3n) is 5.15. The van der Waals surface area contributed by atoms with E-state index in [1.807, 2.05) is 6.07 Å². The minimum absolute atomic E-state index is 0.00765. The summed E-state index contributed by atoms with van der Waals surface area (Å²) in [6.45, 7) is 1.09. The lowest BCUT2D eigenvalue weighted by molar-refractivity contribution is -0.497. The summed E-state index contributed by atoms with van der Waals surface area (Å²) < 4.78 is 38.4. The van der Waals surface area contributed by atoms with Crippen molar-refractivity contribution >= 4 is 21.6 Å². The third-order valence-corrected chi connectivity index (χ3v) is 7.05. The number of sulfonamides is 1. The van der Waals surface area contributed by atoms with E-state index in [4.69, 9.17) is 9.47 Å². The Morgan fingerprint density at radius 2 is 1.87 bits per heavy atom. The lowest BCUT2D eigenvalue weighted by atomic mass is 10.2. The first-order chi connectivity index (χ1) is 14.9. The summed E-state index contributed by atoms with van der Waals surface area (Å²) in [5, 5.41) is 13.5. The van der Waals surface area contributed by atoms with Crippen molar-refractivity contribution in [1.29, 1.82) is 0 Å². The smallest absolute Gasteiger partial charge is 0.243 e. The molecule has 1 aliphatic carbocycles.